The van der Waals surface area contributed by atoms with Crippen LogP contribution in [0.1, 0.15) is 56.9 Å². The molecule has 0 spiro atoms. The molecule has 26 heavy (non-hydrogen) atoms. The van der Waals surface area contributed by atoms with Crippen LogP contribution < -0.4 is 0 Å². The van der Waals surface area contributed by atoms with Gasteiger partial charge >= 0.3 is 0 Å². The lowest BCUT2D eigenvalue weighted by Crippen LogP contribution is -2.38. The van der Waals surface area contributed by atoms with E-state index in [0.717, 1.165) is 24.5 Å². The number of nitrogens with zero attached hydrogens (tertiary/aromatic N) is 4. The number of aromatic nitrogens is 2. The van der Waals surface area contributed by atoms with Crippen molar-refractivity contribution in [1.29, 1.82) is 0 Å². The standard InChI is InChI=1S/C21H30N4O/c1-16(2)17-7-9-18(10-8-17)21-22-20(26-23-21)15-25-13-5-6-19(25)14-24-11-3-4-12-24/h7-10,16,19H,3-6,11-15H2,1-2H3. The average molecular weight is 354 g/mol. The van der Waals surface area contributed by atoms with E-state index >= 15 is 0 Å². The zero-order chi connectivity index (χ0) is 17.9. The largest absolute Gasteiger partial charge is 0.338 e. The van der Waals surface area contributed by atoms with Gasteiger partial charge in [-0.05, 0) is 56.8 Å². The van der Waals surface area contributed by atoms with Gasteiger partial charge in [0.1, 0.15) is 0 Å². The average Bonchev–Trinajstić information content (AvgIpc) is 3.39. The van der Waals surface area contributed by atoms with Gasteiger partial charge in [0, 0.05) is 18.2 Å². The minimum atomic E-state index is 0.535. The van der Waals surface area contributed by atoms with Crippen LogP contribution in [0.25, 0.3) is 11.4 Å². The molecule has 5 nitrogen and oxygen atoms in total. The smallest absolute Gasteiger partial charge is 0.241 e. The van der Waals surface area contributed by atoms with Gasteiger partial charge in [-0.15, -0.1) is 0 Å². The second-order valence-electron chi connectivity index (χ2n) is 8.06. The zero-order valence-corrected chi connectivity index (χ0v) is 16.0. The van der Waals surface area contributed by atoms with Gasteiger partial charge in [-0.2, -0.15) is 4.98 Å². The molecule has 1 aromatic carbocycles. The first kappa shape index (κ1) is 17.7. The molecular weight excluding hydrogens is 324 g/mol. The highest BCUT2D eigenvalue weighted by molar-refractivity contribution is 5.54. The Morgan fingerprint density at radius 1 is 1.08 bits per heavy atom. The molecule has 0 saturated carbocycles. The van der Waals surface area contributed by atoms with Gasteiger partial charge in [-0.1, -0.05) is 43.3 Å². The van der Waals surface area contributed by atoms with E-state index in [9.17, 15) is 0 Å². The molecule has 140 valence electrons. The lowest BCUT2D eigenvalue weighted by molar-refractivity contribution is 0.168. The summed E-state index contributed by atoms with van der Waals surface area (Å²) in [5.41, 5.74) is 2.36. The summed E-state index contributed by atoms with van der Waals surface area (Å²) in [5, 5.41) is 4.21. The maximum absolute atomic E-state index is 5.56. The van der Waals surface area contributed by atoms with Gasteiger partial charge < -0.3 is 9.42 Å². The molecule has 0 radical (unpaired) electrons. The quantitative estimate of drug-likeness (QED) is 0.787. The fraction of sp³-hybridized carbons (Fsp3) is 0.619. The minimum Gasteiger partial charge on any atom is -0.338 e. The van der Waals surface area contributed by atoms with Crippen molar-refractivity contribution in [3.8, 4) is 11.4 Å². The molecule has 3 heterocycles. The zero-order valence-electron chi connectivity index (χ0n) is 16.0. The van der Waals surface area contributed by atoms with Crippen molar-refractivity contribution in [2.45, 2.75) is 58.0 Å². The van der Waals surface area contributed by atoms with Gasteiger partial charge in [0.25, 0.3) is 0 Å². The van der Waals surface area contributed by atoms with Crippen molar-refractivity contribution < 1.29 is 4.52 Å². The van der Waals surface area contributed by atoms with E-state index in [1.807, 2.05) is 0 Å². The van der Waals surface area contributed by atoms with Crippen LogP contribution in [0, 0.1) is 0 Å². The van der Waals surface area contributed by atoms with Crippen LogP contribution >= 0.6 is 0 Å². The van der Waals surface area contributed by atoms with E-state index in [4.69, 9.17) is 4.52 Å². The van der Waals surface area contributed by atoms with Crippen molar-refractivity contribution in [2.24, 2.45) is 0 Å². The van der Waals surface area contributed by atoms with Crippen molar-refractivity contribution in [3.05, 3.63) is 35.7 Å². The van der Waals surface area contributed by atoms with E-state index in [1.165, 1.54) is 50.9 Å². The van der Waals surface area contributed by atoms with Crippen LogP contribution in [0.3, 0.4) is 0 Å². The first-order chi connectivity index (χ1) is 12.7. The van der Waals surface area contributed by atoms with Crippen LogP contribution in [-0.4, -0.2) is 52.2 Å². The lowest BCUT2D eigenvalue weighted by Gasteiger charge is -2.27. The van der Waals surface area contributed by atoms with Crippen LogP contribution in [0.4, 0.5) is 0 Å². The van der Waals surface area contributed by atoms with Crippen molar-refractivity contribution in [1.82, 2.24) is 19.9 Å². The molecule has 1 unspecified atom stereocenters. The Morgan fingerprint density at radius 3 is 2.58 bits per heavy atom. The third-order valence-electron chi connectivity index (χ3n) is 5.81. The molecule has 2 aliphatic heterocycles. The first-order valence-corrected chi connectivity index (χ1v) is 10.1. The van der Waals surface area contributed by atoms with E-state index in [2.05, 4.69) is 58.1 Å². The lowest BCUT2D eigenvalue weighted by atomic mass is 10.0. The molecule has 1 aromatic heterocycles. The van der Waals surface area contributed by atoms with Crippen molar-refractivity contribution >= 4 is 0 Å². The molecule has 0 bridgehead atoms. The SMILES string of the molecule is CC(C)c1ccc(-c2noc(CN3CCCC3CN3CCCC3)n2)cc1. The molecule has 0 amide bonds. The molecule has 2 saturated heterocycles. The molecular formula is C21H30N4O. The number of hydrogen-bond acceptors (Lipinski definition) is 5. The monoisotopic (exact) mass is 354 g/mol. The van der Waals surface area contributed by atoms with Crippen LogP contribution in [0.15, 0.2) is 28.8 Å². The number of benzene rings is 1. The summed E-state index contributed by atoms with van der Waals surface area (Å²) in [6.07, 6.45) is 5.27. The van der Waals surface area contributed by atoms with Gasteiger partial charge in [0.2, 0.25) is 11.7 Å². The maximum Gasteiger partial charge on any atom is 0.241 e. The molecule has 0 aliphatic carbocycles. The topological polar surface area (TPSA) is 45.4 Å². The van der Waals surface area contributed by atoms with Gasteiger partial charge in [-0.3, -0.25) is 4.90 Å². The molecule has 2 aliphatic rings. The van der Waals surface area contributed by atoms with Crippen LogP contribution in [0.2, 0.25) is 0 Å². The Labute approximate surface area is 156 Å². The Bertz CT molecular complexity index is 703. The highest BCUT2D eigenvalue weighted by Gasteiger charge is 2.28. The third kappa shape index (κ3) is 3.99. The predicted octanol–water partition coefficient (Wildman–Crippen LogP) is 3.92. The predicted molar refractivity (Wildman–Crippen MR) is 103 cm³/mol. The summed E-state index contributed by atoms with van der Waals surface area (Å²) >= 11 is 0. The molecule has 2 aromatic rings. The van der Waals surface area contributed by atoms with Crippen LogP contribution in [-0.2, 0) is 6.54 Å². The first-order valence-electron chi connectivity index (χ1n) is 10.1. The van der Waals surface area contributed by atoms with Gasteiger partial charge in [0.05, 0.1) is 6.54 Å². The van der Waals surface area contributed by atoms with Gasteiger partial charge in [0.15, 0.2) is 0 Å². The Balaban J connectivity index is 1.39. The molecule has 1 atom stereocenters. The second kappa shape index (κ2) is 7.89. The second-order valence-corrected chi connectivity index (χ2v) is 8.06. The summed E-state index contributed by atoms with van der Waals surface area (Å²) in [6, 6.07) is 9.13. The van der Waals surface area contributed by atoms with E-state index in [-0.39, 0.29) is 0 Å². The summed E-state index contributed by atoms with van der Waals surface area (Å²) in [7, 11) is 0. The number of likely N-dealkylation sites (tertiary alicyclic amines) is 2. The highest BCUT2D eigenvalue weighted by Crippen LogP contribution is 2.24. The summed E-state index contributed by atoms with van der Waals surface area (Å²) in [6.45, 7) is 10.0. The summed E-state index contributed by atoms with van der Waals surface area (Å²) < 4.78 is 5.56. The third-order valence-corrected chi connectivity index (χ3v) is 5.81. The summed E-state index contributed by atoms with van der Waals surface area (Å²) in [4.78, 5) is 9.79. The van der Waals surface area contributed by atoms with E-state index < -0.39 is 0 Å². The maximum atomic E-state index is 5.56. The molecule has 0 N–H and O–H groups in total. The Morgan fingerprint density at radius 2 is 1.85 bits per heavy atom. The molecule has 5 heteroatoms. The summed E-state index contributed by atoms with van der Waals surface area (Å²) in [5.74, 6) is 1.97. The molecule has 4 rings (SSSR count). The highest BCUT2D eigenvalue weighted by atomic mass is 16.5. The van der Waals surface area contributed by atoms with Crippen molar-refractivity contribution in [2.75, 3.05) is 26.2 Å². The fourth-order valence-corrected chi connectivity index (χ4v) is 4.20. The molecule has 2 fully saturated rings. The van der Waals surface area contributed by atoms with Gasteiger partial charge in [-0.25, -0.2) is 0 Å². The van der Waals surface area contributed by atoms with E-state index in [0.29, 0.717) is 17.8 Å². The van der Waals surface area contributed by atoms with E-state index in [1.54, 1.807) is 0 Å². The van der Waals surface area contributed by atoms with Crippen molar-refractivity contribution in [3.63, 3.8) is 0 Å². The Hall–Kier alpha value is -1.72. The Kier molecular flexibility index (Phi) is 5.36. The number of hydrogen-bond donors (Lipinski definition) is 0. The minimum absolute atomic E-state index is 0.535. The number of rotatable bonds is 6. The fourth-order valence-electron chi connectivity index (χ4n) is 4.20. The normalized spacial score (nSPS) is 21.9. The van der Waals surface area contributed by atoms with Crippen LogP contribution in [0.5, 0.6) is 0 Å².